The monoisotopic (exact) mass is 282 g/mol. The molecule has 7 heteroatoms. The minimum Gasteiger partial charge on any atom is -0.345 e. The van der Waals surface area contributed by atoms with Gasteiger partial charge in [0.2, 0.25) is 0 Å². The Labute approximate surface area is 113 Å². The van der Waals surface area contributed by atoms with Gasteiger partial charge in [0, 0.05) is 6.20 Å². The molecule has 0 saturated carbocycles. The second-order valence-corrected chi connectivity index (χ2v) is 4.16. The number of hydrogen-bond acceptors (Lipinski definition) is 4. The highest BCUT2D eigenvalue weighted by Gasteiger charge is 2.12. The lowest BCUT2D eigenvalue weighted by Gasteiger charge is -2.05. The molecule has 0 aromatic carbocycles. The number of carbonyl (C=O) groups is 1. The summed E-state index contributed by atoms with van der Waals surface area (Å²) in [4.78, 5) is 15.7. The van der Waals surface area contributed by atoms with Crippen molar-refractivity contribution in [1.29, 1.82) is 0 Å². The van der Waals surface area contributed by atoms with E-state index in [-0.39, 0.29) is 22.4 Å². The van der Waals surface area contributed by atoms with E-state index in [9.17, 15) is 4.79 Å². The molecule has 0 saturated heterocycles. The Hall–Kier alpha value is -1.72. The van der Waals surface area contributed by atoms with Crippen molar-refractivity contribution in [2.75, 3.05) is 0 Å². The molecule has 5 nitrogen and oxygen atoms in total. The number of nitrogens with one attached hydrogen (secondary N) is 1. The van der Waals surface area contributed by atoms with Crippen LogP contribution >= 0.6 is 23.2 Å². The molecule has 0 aliphatic carbocycles. The Kier molecular flexibility index (Phi) is 4.07. The van der Waals surface area contributed by atoms with Gasteiger partial charge in [-0.1, -0.05) is 23.2 Å². The molecule has 0 bridgehead atoms. The lowest BCUT2D eigenvalue weighted by Crippen LogP contribution is -2.24. The zero-order chi connectivity index (χ0) is 13.0. The predicted octanol–water partition coefficient (Wildman–Crippen LogP) is 2.11. The molecule has 2 heterocycles. The van der Waals surface area contributed by atoms with E-state index in [0.29, 0.717) is 5.69 Å². The number of nitrogens with zero attached hydrogens (tertiary/aromatic N) is 3. The molecule has 0 aliphatic heterocycles. The number of aromatic nitrogens is 3. The summed E-state index contributed by atoms with van der Waals surface area (Å²) in [7, 11) is 0. The van der Waals surface area contributed by atoms with Crippen LogP contribution < -0.4 is 5.32 Å². The van der Waals surface area contributed by atoms with Crippen LogP contribution in [0, 0.1) is 0 Å². The number of halogens is 2. The molecule has 0 aliphatic rings. The summed E-state index contributed by atoms with van der Waals surface area (Å²) < 4.78 is 0. The van der Waals surface area contributed by atoms with Crippen LogP contribution in [0.1, 0.15) is 16.2 Å². The number of amides is 1. The third-order valence-electron chi connectivity index (χ3n) is 2.08. The molecule has 0 atom stereocenters. The standard InChI is InChI=1S/C11H8Cl2N4O/c12-8-3-4-9(13)16-10(8)11(18)14-6-7-2-1-5-15-17-7/h1-5H,6H2,(H,14,18). The third-order valence-corrected chi connectivity index (χ3v) is 2.60. The first-order valence-corrected chi connectivity index (χ1v) is 5.79. The highest BCUT2D eigenvalue weighted by molar-refractivity contribution is 6.34. The van der Waals surface area contributed by atoms with Gasteiger partial charge in [0.15, 0.2) is 0 Å². The molecule has 18 heavy (non-hydrogen) atoms. The summed E-state index contributed by atoms with van der Waals surface area (Å²) in [5, 5.41) is 10.6. The van der Waals surface area contributed by atoms with Crippen molar-refractivity contribution in [3.05, 3.63) is 52.0 Å². The Morgan fingerprint density at radius 2 is 2.11 bits per heavy atom. The molecule has 2 rings (SSSR count). The summed E-state index contributed by atoms with van der Waals surface area (Å²) in [6.07, 6.45) is 1.56. The number of hydrogen-bond donors (Lipinski definition) is 1. The smallest absolute Gasteiger partial charge is 0.271 e. The van der Waals surface area contributed by atoms with E-state index in [4.69, 9.17) is 23.2 Å². The molecule has 0 unspecified atom stereocenters. The minimum atomic E-state index is -0.409. The zero-order valence-corrected chi connectivity index (χ0v) is 10.6. The van der Waals surface area contributed by atoms with Gasteiger partial charge in [-0.2, -0.15) is 10.2 Å². The molecule has 2 aromatic heterocycles. The summed E-state index contributed by atoms with van der Waals surface area (Å²) in [6, 6.07) is 6.52. The second kappa shape index (κ2) is 5.75. The highest BCUT2D eigenvalue weighted by atomic mass is 35.5. The molecule has 0 spiro atoms. The molecule has 2 aromatic rings. The molecular weight excluding hydrogens is 275 g/mol. The topological polar surface area (TPSA) is 67.8 Å². The molecule has 0 fully saturated rings. The van der Waals surface area contributed by atoms with E-state index >= 15 is 0 Å². The maximum atomic E-state index is 11.8. The van der Waals surface area contributed by atoms with Crippen LogP contribution in [0.3, 0.4) is 0 Å². The Morgan fingerprint density at radius 3 is 2.83 bits per heavy atom. The SMILES string of the molecule is O=C(NCc1cccnn1)c1nc(Cl)ccc1Cl. The Morgan fingerprint density at radius 1 is 1.28 bits per heavy atom. The third kappa shape index (κ3) is 3.15. The molecule has 0 radical (unpaired) electrons. The molecular formula is C11H8Cl2N4O. The fourth-order valence-electron chi connectivity index (χ4n) is 1.26. The van der Waals surface area contributed by atoms with Gasteiger partial charge in [-0.25, -0.2) is 4.98 Å². The van der Waals surface area contributed by atoms with Gasteiger partial charge < -0.3 is 5.32 Å². The first-order valence-electron chi connectivity index (χ1n) is 5.03. The van der Waals surface area contributed by atoms with Gasteiger partial charge in [-0.05, 0) is 24.3 Å². The minimum absolute atomic E-state index is 0.0908. The average Bonchev–Trinajstić information content (AvgIpc) is 2.40. The zero-order valence-electron chi connectivity index (χ0n) is 9.10. The first-order chi connectivity index (χ1) is 8.66. The molecule has 1 amide bonds. The summed E-state index contributed by atoms with van der Waals surface area (Å²) in [6.45, 7) is 0.247. The van der Waals surface area contributed by atoms with E-state index in [0.717, 1.165) is 0 Å². The van der Waals surface area contributed by atoms with Crippen molar-refractivity contribution in [3.8, 4) is 0 Å². The largest absolute Gasteiger partial charge is 0.345 e. The van der Waals surface area contributed by atoms with Gasteiger partial charge in [-0.15, -0.1) is 0 Å². The average molecular weight is 283 g/mol. The maximum Gasteiger partial charge on any atom is 0.271 e. The summed E-state index contributed by atoms with van der Waals surface area (Å²) in [5.41, 5.74) is 0.733. The van der Waals surface area contributed by atoms with Crippen LogP contribution in [-0.4, -0.2) is 21.1 Å². The van der Waals surface area contributed by atoms with Crippen LogP contribution in [0.4, 0.5) is 0 Å². The lowest BCUT2D eigenvalue weighted by molar-refractivity contribution is 0.0945. The van der Waals surface area contributed by atoms with E-state index in [1.54, 1.807) is 18.3 Å². The van der Waals surface area contributed by atoms with E-state index in [1.807, 2.05) is 0 Å². The van der Waals surface area contributed by atoms with E-state index < -0.39 is 5.91 Å². The van der Waals surface area contributed by atoms with Crippen LogP contribution in [0.15, 0.2) is 30.5 Å². The first kappa shape index (κ1) is 12.7. The fourth-order valence-corrected chi connectivity index (χ4v) is 1.60. The maximum absolute atomic E-state index is 11.8. The number of pyridine rings is 1. The predicted molar refractivity (Wildman–Crippen MR) is 67.5 cm³/mol. The van der Waals surface area contributed by atoms with Gasteiger partial charge in [0.25, 0.3) is 5.91 Å². The van der Waals surface area contributed by atoms with Crippen molar-refractivity contribution in [1.82, 2.24) is 20.5 Å². The van der Waals surface area contributed by atoms with Crippen molar-refractivity contribution in [2.24, 2.45) is 0 Å². The van der Waals surface area contributed by atoms with Crippen molar-refractivity contribution < 1.29 is 4.79 Å². The van der Waals surface area contributed by atoms with Gasteiger partial charge in [-0.3, -0.25) is 4.79 Å². The van der Waals surface area contributed by atoms with E-state index in [1.165, 1.54) is 12.1 Å². The quantitative estimate of drug-likeness (QED) is 0.876. The van der Waals surface area contributed by atoms with E-state index in [2.05, 4.69) is 20.5 Å². The highest BCUT2D eigenvalue weighted by Crippen LogP contribution is 2.16. The summed E-state index contributed by atoms with van der Waals surface area (Å²) in [5.74, 6) is -0.409. The van der Waals surface area contributed by atoms with Crippen LogP contribution in [-0.2, 0) is 6.54 Å². The van der Waals surface area contributed by atoms with Gasteiger partial charge in [0.05, 0.1) is 17.3 Å². The fraction of sp³-hybridized carbons (Fsp3) is 0.0909. The van der Waals surface area contributed by atoms with Crippen molar-refractivity contribution >= 4 is 29.1 Å². The lowest BCUT2D eigenvalue weighted by atomic mass is 10.3. The summed E-state index contributed by atoms with van der Waals surface area (Å²) >= 11 is 11.6. The Balaban J connectivity index is 2.06. The number of rotatable bonds is 3. The van der Waals surface area contributed by atoms with Gasteiger partial charge in [0.1, 0.15) is 10.8 Å². The Bertz CT molecular complexity index is 562. The molecule has 1 N–H and O–H groups in total. The number of carbonyl (C=O) groups excluding carboxylic acids is 1. The van der Waals surface area contributed by atoms with Crippen LogP contribution in [0.25, 0.3) is 0 Å². The van der Waals surface area contributed by atoms with Crippen LogP contribution in [0.2, 0.25) is 10.2 Å². The molecule has 92 valence electrons. The van der Waals surface area contributed by atoms with Crippen molar-refractivity contribution in [3.63, 3.8) is 0 Å². The van der Waals surface area contributed by atoms with Gasteiger partial charge >= 0.3 is 0 Å². The normalized spacial score (nSPS) is 10.1. The van der Waals surface area contributed by atoms with Crippen LogP contribution in [0.5, 0.6) is 0 Å². The second-order valence-electron chi connectivity index (χ2n) is 3.36. The van der Waals surface area contributed by atoms with Crippen molar-refractivity contribution in [2.45, 2.75) is 6.54 Å².